The van der Waals surface area contributed by atoms with E-state index in [0.29, 0.717) is 24.0 Å². The number of nitrogens with zero attached hydrogens (tertiary/aromatic N) is 1. The van der Waals surface area contributed by atoms with Gasteiger partial charge in [0, 0.05) is 17.5 Å². The summed E-state index contributed by atoms with van der Waals surface area (Å²) in [5, 5.41) is 42.1. The molecule has 7 heteroatoms. The quantitative estimate of drug-likeness (QED) is 0.279. The van der Waals surface area contributed by atoms with Crippen molar-refractivity contribution in [2.24, 2.45) is 17.8 Å². The van der Waals surface area contributed by atoms with Crippen LogP contribution in [0.1, 0.15) is 76.7 Å². The molecule has 1 aromatic rings. The number of benzene rings is 1. The van der Waals surface area contributed by atoms with Crippen LogP contribution in [0.3, 0.4) is 0 Å². The number of aliphatic hydroxyl groups excluding tert-OH is 3. The van der Waals surface area contributed by atoms with Crippen molar-refractivity contribution in [3.05, 3.63) is 46.5 Å². The van der Waals surface area contributed by atoms with Crippen molar-refractivity contribution < 1.29 is 30.0 Å². The van der Waals surface area contributed by atoms with Crippen molar-refractivity contribution in [2.75, 3.05) is 13.2 Å². The molecule has 0 spiro atoms. The second-order valence-electron chi connectivity index (χ2n) is 10.8. The fraction of sp³-hybridized carbons (Fsp3) is 0.600. The van der Waals surface area contributed by atoms with Crippen LogP contribution in [-0.2, 0) is 9.59 Å². The van der Waals surface area contributed by atoms with Gasteiger partial charge in [-0.25, -0.2) is 0 Å². The number of amides is 2. The number of carbonyl (C=O) groups excluding carboxylic acids is 2. The van der Waals surface area contributed by atoms with Crippen LogP contribution in [0.4, 0.5) is 0 Å². The molecular weight excluding hydrogens is 470 g/mol. The summed E-state index contributed by atoms with van der Waals surface area (Å²) >= 11 is 0. The number of hydrogen-bond acceptors (Lipinski definition) is 6. The van der Waals surface area contributed by atoms with Crippen LogP contribution in [0, 0.1) is 17.8 Å². The number of aliphatic hydroxyl groups is 3. The number of phenols is 1. The average Bonchev–Trinajstić information content (AvgIpc) is 3.16. The summed E-state index contributed by atoms with van der Waals surface area (Å²) in [6, 6.07) is 7.04. The Morgan fingerprint density at radius 1 is 1.08 bits per heavy atom. The Hall–Kier alpha value is -2.48. The second kappa shape index (κ2) is 12.4. The van der Waals surface area contributed by atoms with E-state index in [4.69, 9.17) is 0 Å². The van der Waals surface area contributed by atoms with Crippen LogP contribution in [0.5, 0.6) is 5.75 Å². The molecule has 0 aromatic heterocycles. The summed E-state index contributed by atoms with van der Waals surface area (Å²) in [6.45, 7) is 1.40. The first-order valence-electron chi connectivity index (χ1n) is 13.9. The molecule has 2 fully saturated rings. The molecule has 1 aliphatic heterocycles. The molecule has 1 heterocycles. The number of imide groups is 1. The fourth-order valence-electron chi connectivity index (χ4n) is 6.73. The van der Waals surface area contributed by atoms with Crippen molar-refractivity contribution in [1.82, 2.24) is 4.90 Å². The number of carbonyl (C=O) groups is 2. The van der Waals surface area contributed by atoms with Gasteiger partial charge in [-0.15, -0.1) is 0 Å². The Bertz CT molecular complexity index is 1040. The van der Waals surface area contributed by atoms with E-state index in [1.54, 1.807) is 12.1 Å². The summed E-state index contributed by atoms with van der Waals surface area (Å²) in [4.78, 5) is 28.4. The molecule has 202 valence electrons. The zero-order chi connectivity index (χ0) is 26.5. The minimum absolute atomic E-state index is 0.0826. The van der Waals surface area contributed by atoms with E-state index in [-0.39, 0.29) is 43.2 Å². The Morgan fingerprint density at radius 2 is 1.81 bits per heavy atom. The fourth-order valence-corrected chi connectivity index (χ4v) is 6.73. The Balaban J connectivity index is 1.55. The summed E-state index contributed by atoms with van der Waals surface area (Å²) in [5.74, 6) is -2.16. The highest BCUT2D eigenvalue weighted by atomic mass is 16.3. The largest absolute Gasteiger partial charge is 0.507 e. The van der Waals surface area contributed by atoms with Gasteiger partial charge >= 0.3 is 0 Å². The van der Waals surface area contributed by atoms with E-state index < -0.39 is 23.9 Å². The summed E-state index contributed by atoms with van der Waals surface area (Å²) in [5.41, 5.74) is 2.90. The number of likely N-dealkylation sites (tertiary alicyclic amines) is 1. The minimum atomic E-state index is -0.948. The number of para-hydroxylation sites is 1. The first kappa shape index (κ1) is 27.6. The molecule has 1 saturated heterocycles. The molecule has 3 aliphatic rings. The van der Waals surface area contributed by atoms with Crippen LogP contribution >= 0.6 is 0 Å². The normalized spacial score (nSPS) is 26.1. The van der Waals surface area contributed by atoms with Crippen molar-refractivity contribution in [1.29, 1.82) is 0 Å². The van der Waals surface area contributed by atoms with Crippen molar-refractivity contribution in [2.45, 2.75) is 83.3 Å². The lowest BCUT2D eigenvalue weighted by Gasteiger charge is -2.36. The molecule has 0 radical (unpaired) electrons. The Kier molecular flexibility index (Phi) is 9.22. The van der Waals surface area contributed by atoms with E-state index in [1.165, 1.54) is 4.90 Å². The van der Waals surface area contributed by atoms with Crippen LogP contribution in [0.15, 0.2) is 41.0 Å². The van der Waals surface area contributed by atoms with Gasteiger partial charge in [-0.2, -0.15) is 0 Å². The summed E-state index contributed by atoms with van der Waals surface area (Å²) in [7, 11) is 0. The van der Waals surface area contributed by atoms with Gasteiger partial charge in [0.25, 0.3) is 0 Å². The molecule has 4 atom stereocenters. The van der Waals surface area contributed by atoms with E-state index in [0.717, 1.165) is 56.1 Å². The maximum atomic E-state index is 13.6. The lowest BCUT2D eigenvalue weighted by atomic mass is 9.68. The molecule has 2 amide bonds. The molecular formula is C30H41NO6. The predicted molar refractivity (Wildman–Crippen MR) is 141 cm³/mol. The van der Waals surface area contributed by atoms with Gasteiger partial charge < -0.3 is 20.4 Å². The zero-order valence-corrected chi connectivity index (χ0v) is 21.8. The van der Waals surface area contributed by atoms with Crippen LogP contribution in [-0.4, -0.2) is 62.5 Å². The molecule has 2 aliphatic carbocycles. The average molecular weight is 512 g/mol. The molecule has 4 N–H and O–H groups in total. The molecule has 0 unspecified atom stereocenters. The second-order valence-corrected chi connectivity index (χ2v) is 10.8. The summed E-state index contributed by atoms with van der Waals surface area (Å²) in [6.07, 6.45) is 8.65. The third-order valence-corrected chi connectivity index (χ3v) is 8.51. The first-order valence-corrected chi connectivity index (χ1v) is 13.9. The van der Waals surface area contributed by atoms with E-state index in [9.17, 15) is 30.0 Å². The van der Waals surface area contributed by atoms with Gasteiger partial charge in [-0.05, 0) is 55.7 Å². The number of rotatable bonds is 10. The highest BCUT2D eigenvalue weighted by Crippen LogP contribution is 2.47. The SMILES string of the molecule is CCC/C(=C\c1ccccc1O)CC[C@@H](O)C1=C(CO)C[C@H]2C(=O)N(C3CCCCC3)C(=O)[C@H]2[C@H]1CO. The number of fused-ring (bicyclic) bond motifs is 1. The van der Waals surface area contributed by atoms with Crippen LogP contribution < -0.4 is 0 Å². The molecule has 7 nitrogen and oxygen atoms in total. The summed E-state index contributed by atoms with van der Waals surface area (Å²) < 4.78 is 0. The lowest BCUT2D eigenvalue weighted by Crippen LogP contribution is -2.42. The van der Waals surface area contributed by atoms with Crippen molar-refractivity contribution >= 4 is 17.9 Å². The topological polar surface area (TPSA) is 118 Å². The van der Waals surface area contributed by atoms with Gasteiger partial charge in [-0.3, -0.25) is 14.5 Å². The standard InChI is InChI=1S/C30H41NO6/c1-2-8-19(15-20-9-6-7-12-25(20)34)13-14-26(35)27-21(17-32)16-23-28(24(27)18-33)30(37)31(29(23)36)22-10-4-3-5-11-22/h6-7,9,12,15,22-24,26,28,32-35H,2-5,8,10-11,13-14,16-18H2,1H3/b19-15+/t23-,24+,26-,28-/m1/s1. The number of hydrogen-bond donors (Lipinski definition) is 4. The number of allylic oxidation sites excluding steroid dienone is 1. The molecule has 1 aromatic carbocycles. The smallest absolute Gasteiger partial charge is 0.234 e. The molecule has 4 rings (SSSR count). The monoisotopic (exact) mass is 511 g/mol. The predicted octanol–water partition coefficient (Wildman–Crippen LogP) is 3.95. The van der Waals surface area contributed by atoms with Crippen LogP contribution in [0.2, 0.25) is 0 Å². The minimum Gasteiger partial charge on any atom is -0.507 e. The maximum Gasteiger partial charge on any atom is 0.234 e. The third-order valence-electron chi connectivity index (χ3n) is 8.51. The van der Waals surface area contributed by atoms with E-state index >= 15 is 0 Å². The maximum absolute atomic E-state index is 13.6. The third kappa shape index (κ3) is 5.69. The molecule has 37 heavy (non-hydrogen) atoms. The van der Waals surface area contributed by atoms with E-state index in [2.05, 4.69) is 6.92 Å². The van der Waals surface area contributed by atoms with Crippen LogP contribution in [0.25, 0.3) is 6.08 Å². The Morgan fingerprint density at radius 3 is 2.46 bits per heavy atom. The van der Waals surface area contributed by atoms with E-state index in [1.807, 2.05) is 18.2 Å². The van der Waals surface area contributed by atoms with Gasteiger partial charge in [0.05, 0.1) is 31.2 Å². The van der Waals surface area contributed by atoms with Crippen molar-refractivity contribution in [3.8, 4) is 5.75 Å². The van der Waals surface area contributed by atoms with Gasteiger partial charge in [0.15, 0.2) is 0 Å². The highest BCUT2D eigenvalue weighted by Gasteiger charge is 2.56. The highest BCUT2D eigenvalue weighted by molar-refractivity contribution is 6.06. The number of aromatic hydroxyl groups is 1. The van der Waals surface area contributed by atoms with Crippen molar-refractivity contribution in [3.63, 3.8) is 0 Å². The lowest BCUT2D eigenvalue weighted by molar-refractivity contribution is -0.143. The Labute approximate surface area is 219 Å². The number of phenolic OH excluding ortho intramolecular Hbond substituents is 1. The molecule has 0 bridgehead atoms. The van der Waals surface area contributed by atoms with Gasteiger partial charge in [-0.1, -0.05) is 62.5 Å². The van der Waals surface area contributed by atoms with Gasteiger partial charge in [0.1, 0.15) is 5.75 Å². The van der Waals surface area contributed by atoms with Gasteiger partial charge in [0.2, 0.25) is 11.8 Å². The molecule has 1 saturated carbocycles. The zero-order valence-electron chi connectivity index (χ0n) is 21.8. The first-order chi connectivity index (χ1) is 17.9.